The Hall–Kier alpha value is -2.41. The van der Waals surface area contributed by atoms with Crippen molar-refractivity contribution in [1.82, 2.24) is 10.2 Å². The summed E-state index contributed by atoms with van der Waals surface area (Å²) in [4.78, 5) is 37.9. The van der Waals surface area contributed by atoms with Crippen molar-refractivity contribution >= 4 is 29.5 Å². The van der Waals surface area contributed by atoms with Crippen molar-refractivity contribution in [2.45, 2.75) is 50.8 Å². The lowest BCUT2D eigenvalue weighted by atomic mass is 9.93. The van der Waals surface area contributed by atoms with Crippen LogP contribution in [0.4, 0.5) is 9.18 Å². The predicted molar refractivity (Wildman–Crippen MR) is 102 cm³/mol. The minimum absolute atomic E-state index is 0.178. The van der Waals surface area contributed by atoms with E-state index in [2.05, 4.69) is 5.32 Å². The third-order valence-corrected chi connectivity index (χ3v) is 5.27. The first-order chi connectivity index (χ1) is 13.4. The molecule has 0 spiro atoms. The lowest BCUT2D eigenvalue weighted by molar-refractivity contribution is -0.135. The largest absolute Gasteiger partial charge is 0.418 e. The summed E-state index contributed by atoms with van der Waals surface area (Å²) in [6.07, 6.45) is 7.28. The van der Waals surface area contributed by atoms with Gasteiger partial charge in [-0.3, -0.25) is 9.59 Å². The highest BCUT2D eigenvalue weighted by Crippen LogP contribution is 2.38. The van der Waals surface area contributed by atoms with E-state index < -0.39 is 29.1 Å². The molecule has 0 bridgehead atoms. The first kappa shape index (κ1) is 20.3. The van der Waals surface area contributed by atoms with Crippen molar-refractivity contribution in [3.05, 3.63) is 46.7 Å². The number of rotatable bonds is 5. The molecule has 1 N–H and O–H groups in total. The fraction of sp³-hybridized carbons (Fsp3) is 0.450. The maximum absolute atomic E-state index is 14.5. The van der Waals surface area contributed by atoms with Gasteiger partial charge in [0.15, 0.2) is 0 Å². The molecule has 0 aromatic rings. The summed E-state index contributed by atoms with van der Waals surface area (Å²) < 4.78 is 19.6. The smallest absolute Gasteiger partial charge is 0.412 e. The molecule has 28 heavy (non-hydrogen) atoms. The minimum Gasteiger partial charge on any atom is -0.418 e. The SMILES string of the molecule is CCCCNC(=O)OC=C1C=C(N2C(=O)C3=C(CCCC3)C2=O)C(F)=CC1Cl. The molecular weight excluding hydrogens is 387 g/mol. The average molecular weight is 409 g/mol. The highest BCUT2D eigenvalue weighted by molar-refractivity contribution is 6.24. The maximum atomic E-state index is 14.5. The molecule has 6 nitrogen and oxygen atoms in total. The predicted octanol–water partition coefficient (Wildman–Crippen LogP) is 3.99. The minimum atomic E-state index is -0.886. The number of allylic oxidation sites excluding steroid dienone is 4. The number of alkyl carbamates (subject to hydrolysis) is 1. The van der Waals surface area contributed by atoms with Crippen LogP contribution >= 0.6 is 11.6 Å². The number of nitrogens with one attached hydrogen (secondary N) is 1. The molecule has 2 aliphatic carbocycles. The third kappa shape index (κ3) is 4.04. The second kappa shape index (κ2) is 8.73. The standard InChI is InChI=1S/C20H22ClFN2O4/c1-2-3-8-23-20(27)28-11-12-9-17(16(22)10-15(12)21)24-18(25)13-6-4-5-7-14(13)19(24)26/h9-11,15H,2-8H2,1H3,(H,23,27). The summed E-state index contributed by atoms with van der Waals surface area (Å²) in [5.41, 5.74) is 1.03. The molecule has 0 saturated heterocycles. The Morgan fingerprint density at radius 1 is 1.32 bits per heavy atom. The number of carbonyl (C=O) groups excluding carboxylic acids is 3. The fourth-order valence-electron chi connectivity index (χ4n) is 3.38. The van der Waals surface area contributed by atoms with Gasteiger partial charge in [-0.15, -0.1) is 11.6 Å². The van der Waals surface area contributed by atoms with E-state index in [1.54, 1.807) is 0 Å². The number of halogens is 2. The van der Waals surface area contributed by atoms with Crippen molar-refractivity contribution in [3.63, 3.8) is 0 Å². The van der Waals surface area contributed by atoms with E-state index in [1.807, 2.05) is 6.92 Å². The molecule has 3 aliphatic rings. The molecule has 1 aliphatic heterocycles. The molecule has 0 aromatic carbocycles. The van der Waals surface area contributed by atoms with Gasteiger partial charge in [-0.1, -0.05) is 13.3 Å². The number of unbranched alkanes of at least 4 members (excludes halogenated alkanes) is 1. The van der Waals surface area contributed by atoms with Crippen molar-refractivity contribution in [1.29, 1.82) is 0 Å². The first-order valence-electron chi connectivity index (χ1n) is 9.42. The van der Waals surface area contributed by atoms with Gasteiger partial charge in [-0.25, -0.2) is 14.1 Å². The molecule has 1 heterocycles. The molecule has 1 unspecified atom stereocenters. The van der Waals surface area contributed by atoms with Gasteiger partial charge < -0.3 is 10.1 Å². The fourth-order valence-corrected chi connectivity index (χ4v) is 3.60. The Balaban J connectivity index is 1.79. The van der Waals surface area contributed by atoms with Gasteiger partial charge in [0.1, 0.15) is 12.1 Å². The zero-order valence-electron chi connectivity index (χ0n) is 15.6. The van der Waals surface area contributed by atoms with Gasteiger partial charge in [-0.2, -0.15) is 0 Å². The first-order valence-corrected chi connectivity index (χ1v) is 9.86. The number of hydrogen-bond donors (Lipinski definition) is 1. The Morgan fingerprint density at radius 3 is 2.57 bits per heavy atom. The lowest BCUT2D eigenvalue weighted by Gasteiger charge is -2.22. The normalized spacial score (nSPS) is 23.6. The van der Waals surface area contributed by atoms with E-state index in [9.17, 15) is 18.8 Å². The Kier molecular flexibility index (Phi) is 6.34. The summed E-state index contributed by atoms with van der Waals surface area (Å²) in [7, 11) is 0. The Morgan fingerprint density at radius 2 is 1.96 bits per heavy atom. The van der Waals surface area contributed by atoms with Crippen LogP contribution in [0.1, 0.15) is 45.4 Å². The monoisotopic (exact) mass is 408 g/mol. The Bertz CT molecular complexity index is 800. The molecule has 3 rings (SSSR count). The van der Waals surface area contributed by atoms with Crippen LogP contribution in [0.2, 0.25) is 0 Å². The second-order valence-corrected chi connectivity index (χ2v) is 7.33. The molecule has 0 saturated carbocycles. The lowest BCUT2D eigenvalue weighted by Crippen LogP contribution is -2.33. The van der Waals surface area contributed by atoms with Gasteiger partial charge in [0, 0.05) is 23.3 Å². The third-order valence-electron chi connectivity index (χ3n) is 4.89. The van der Waals surface area contributed by atoms with Crippen LogP contribution in [0.3, 0.4) is 0 Å². The van der Waals surface area contributed by atoms with E-state index in [0.29, 0.717) is 30.5 Å². The quantitative estimate of drug-likeness (QED) is 0.323. The van der Waals surface area contributed by atoms with E-state index in [0.717, 1.165) is 42.9 Å². The van der Waals surface area contributed by atoms with Crippen LogP contribution in [-0.4, -0.2) is 34.7 Å². The second-order valence-electron chi connectivity index (χ2n) is 6.86. The van der Waals surface area contributed by atoms with Crippen molar-refractivity contribution in [2.75, 3.05) is 6.54 Å². The summed E-state index contributed by atoms with van der Waals surface area (Å²) in [6, 6.07) is 0. The van der Waals surface area contributed by atoms with E-state index >= 15 is 0 Å². The summed E-state index contributed by atoms with van der Waals surface area (Å²) in [5.74, 6) is -1.73. The number of imide groups is 1. The number of carbonyl (C=O) groups is 3. The zero-order chi connectivity index (χ0) is 20.3. The van der Waals surface area contributed by atoms with E-state index in [4.69, 9.17) is 16.3 Å². The van der Waals surface area contributed by atoms with Gasteiger partial charge in [-0.05, 0) is 44.3 Å². The number of hydrogen-bond acceptors (Lipinski definition) is 4. The summed E-state index contributed by atoms with van der Waals surface area (Å²) in [6.45, 7) is 2.47. The van der Waals surface area contributed by atoms with Crippen LogP contribution < -0.4 is 5.32 Å². The van der Waals surface area contributed by atoms with Crippen LogP contribution in [0.5, 0.6) is 0 Å². The number of ether oxygens (including phenoxy) is 1. The zero-order valence-corrected chi connectivity index (χ0v) is 16.4. The summed E-state index contributed by atoms with van der Waals surface area (Å²) in [5, 5.41) is 1.69. The highest BCUT2D eigenvalue weighted by Gasteiger charge is 2.42. The number of alkyl halides is 1. The maximum Gasteiger partial charge on any atom is 0.412 e. The van der Waals surface area contributed by atoms with Gasteiger partial charge >= 0.3 is 6.09 Å². The van der Waals surface area contributed by atoms with E-state index in [1.165, 1.54) is 6.08 Å². The van der Waals surface area contributed by atoms with E-state index in [-0.39, 0.29) is 11.3 Å². The molecule has 0 aromatic heterocycles. The molecule has 8 heteroatoms. The van der Waals surface area contributed by atoms with Gasteiger partial charge in [0.25, 0.3) is 11.8 Å². The number of amides is 3. The number of nitrogens with zero attached hydrogens (tertiary/aromatic N) is 1. The molecular formula is C20H22ClFN2O4. The van der Waals surface area contributed by atoms with Crippen LogP contribution in [-0.2, 0) is 14.3 Å². The van der Waals surface area contributed by atoms with Gasteiger partial charge in [0.05, 0.1) is 11.1 Å². The summed E-state index contributed by atoms with van der Waals surface area (Å²) >= 11 is 6.11. The van der Waals surface area contributed by atoms with Gasteiger partial charge in [0.2, 0.25) is 0 Å². The van der Waals surface area contributed by atoms with Crippen molar-refractivity contribution < 1.29 is 23.5 Å². The molecule has 0 radical (unpaired) electrons. The van der Waals surface area contributed by atoms with Crippen molar-refractivity contribution in [3.8, 4) is 0 Å². The Labute approximate surface area is 167 Å². The molecule has 150 valence electrons. The average Bonchev–Trinajstić information content (AvgIpc) is 2.93. The van der Waals surface area contributed by atoms with Crippen LogP contribution in [0.15, 0.2) is 46.7 Å². The molecule has 3 amide bonds. The highest BCUT2D eigenvalue weighted by atomic mass is 35.5. The molecule has 1 atom stereocenters. The van der Waals surface area contributed by atoms with Crippen LogP contribution in [0, 0.1) is 0 Å². The van der Waals surface area contributed by atoms with Crippen LogP contribution in [0.25, 0.3) is 0 Å². The van der Waals surface area contributed by atoms with Crippen molar-refractivity contribution in [2.24, 2.45) is 0 Å². The molecule has 0 fully saturated rings. The topological polar surface area (TPSA) is 75.7 Å².